The first-order chi connectivity index (χ1) is 11.4. The summed E-state index contributed by atoms with van der Waals surface area (Å²) in [7, 11) is 0. The first kappa shape index (κ1) is 22.7. The minimum absolute atomic E-state index is 0.191. The zero-order chi connectivity index (χ0) is 19.8. The van der Waals surface area contributed by atoms with E-state index in [1.165, 1.54) is 0 Å². The van der Waals surface area contributed by atoms with Gasteiger partial charge in [0.2, 0.25) is 11.8 Å². The molecule has 0 aliphatic heterocycles. The van der Waals surface area contributed by atoms with E-state index in [1.54, 1.807) is 27.7 Å². The Bertz CT molecular complexity index is 501. The monoisotopic (exact) mass is 358 g/mol. The Morgan fingerprint density at radius 2 is 1.72 bits per heavy atom. The van der Waals surface area contributed by atoms with Gasteiger partial charge in [0.1, 0.15) is 11.6 Å². The van der Waals surface area contributed by atoms with Gasteiger partial charge in [0.15, 0.2) is 0 Å². The molecule has 0 aliphatic carbocycles. The first-order valence-electron chi connectivity index (χ1n) is 8.16. The second-order valence-corrected chi connectivity index (χ2v) is 6.89. The highest BCUT2D eigenvalue weighted by Crippen LogP contribution is 2.12. The summed E-state index contributed by atoms with van der Waals surface area (Å²) in [4.78, 5) is 46.3. The van der Waals surface area contributed by atoms with E-state index in [9.17, 15) is 24.3 Å². The highest BCUT2D eigenvalue weighted by Gasteiger charge is 2.29. The van der Waals surface area contributed by atoms with Crippen LogP contribution in [-0.2, 0) is 19.1 Å². The molecule has 0 heterocycles. The van der Waals surface area contributed by atoms with Gasteiger partial charge in [-0.1, -0.05) is 20.3 Å². The molecule has 0 aromatic heterocycles. The van der Waals surface area contributed by atoms with Crippen LogP contribution in [0.15, 0.2) is 0 Å². The average Bonchev–Trinajstić information content (AvgIpc) is 2.45. The van der Waals surface area contributed by atoms with Crippen LogP contribution in [0.1, 0.15) is 53.9 Å². The lowest BCUT2D eigenvalue weighted by atomic mass is 9.98. The lowest BCUT2D eigenvalue weighted by Crippen LogP contribution is -2.56. The van der Waals surface area contributed by atoms with Crippen molar-refractivity contribution in [3.8, 4) is 0 Å². The third-order valence-corrected chi connectivity index (χ3v) is 3.45. The Morgan fingerprint density at radius 1 is 1.16 bits per heavy atom. The van der Waals surface area contributed by atoms with E-state index in [0.717, 1.165) is 0 Å². The van der Waals surface area contributed by atoms with E-state index in [4.69, 9.17) is 10.5 Å². The zero-order valence-corrected chi connectivity index (χ0v) is 15.4. The van der Waals surface area contributed by atoms with Gasteiger partial charge in [-0.05, 0) is 33.1 Å². The van der Waals surface area contributed by atoms with E-state index in [1.807, 2.05) is 6.92 Å². The van der Waals surface area contributed by atoms with Crippen LogP contribution >= 0.6 is 0 Å². The fraction of sp³-hybridized carbons (Fsp3) is 0.750. The molecular formula is C16H28N3O6-. The molecule has 9 heteroatoms. The molecule has 9 nitrogen and oxygen atoms in total. The van der Waals surface area contributed by atoms with Crippen LogP contribution in [0.2, 0.25) is 0 Å². The van der Waals surface area contributed by atoms with Crippen molar-refractivity contribution in [1.29, 1.82) is 0 Å². The molecule has 25 heavy (non-hydrogen) atoms. The molecule has 0 aromatic carbocycles. The largest absolute Gasteiger partial charge is 0.548 e. The third kappa shape index (κ3) is 9.53. The number of ether oxygens (including phenoxy) is 1. The van der Waals surface area contributed by atoms with Gasteiger partial charge in [-0.15, -0.1) is 0 Å². The van der Waals surface area contributed by atoms with Crippen LogP contribution in [0, 0.1) is 5.92 Å². The maximum absolute atomic E-state index is 12.4. The average molecular weight is 358 g/mol. The molecule has 0 saturated carbocycles. The number of carbonyl (C=O) groups excluding carboxylic acids is 4. The SMILES string of the molecule is CC[C@@H](C)[C@@H](NC(=O)OC(C)(C)C)C(=O)N[C@@H](CCC(N)=O)C(=O)[O-]. The predicted molar refractivity (Wildman–Crippen MR) is 88.0 cm³/mol. The van der Waals surface area contributed by atoms with Crippen molar-refractivity contribution in [1.82, 2.24) is 10.6 Å². The Morgan fingerprint density at radius 3 is 2.12 bits per heavy atom. The number of nitrogens with one attached hydrogen (secondary N) is 2. The molecule has 0 saturated heterocycles. The molecule has 0 spiro atoms. The number of primary amides is 1. The molecule has 0 radical (unpaired) electrons. The number of aliphatic carboxylic acids is 1. The van der Waals surface area contributed by atoms with Gasteiger partial charge in [-0.2, -0.15) is 0 Å². The number of nitrogens with two attached hydrogens (primary N) is 1. The van der Waals surface area contributed by atoms with Crippen LogP contribution in [0.5, 0.6) is 0 Å². The van der Waals surface area contributed by atoms with Crippen LogP contribution in [-0.4, -0.2) is 41.6 Å². The molecule has 4 N–H and O–H groups in total. The van der Waals surface area contributed by atoms with E-state index < -0.39 is 41.6 Å². The van der Waals surface area contributed by atoms with E-state index in [-0.39, 0.29) is 18.8 Å². The van der Waals surface area contributed by atoms with E-state index in [0.29, 0.717) is 6.42 Å². The van der Waals surface area contributed by atoms with Crippen molar-refractivity contribution in [3.05, 3.63) is 0 Å². The van der Waals surface area contributed by atoms with Crippen molar-refractivity contribution in [3.63, 3.8) is 0 Å². The minimum atomic E-state index is -1.53. The molecule has 3 amide bonds. The predicted octanol–water partition coefficient (Wildman–Crippen LogP) is -0.574. The van der Waals surface area contributed by atoms with Gasteiger partial charge in [-0.25, -0.2) is 4.79 Å². The summed E-state index contributed by atoms with van der Waals surface area (Å²) in [6.07, 6.45) is -0.629. The molecule has 0 aromatic rings. The van der Waals surface area contributed by atoms with Gasteiger partial charge in [0.25, 0.3) is 0 Å². The molecule has 0 fully saturated rings. The number of rotatable bonds is 9. The molecule has 144 valence electrons. The van der Waals surface area contributed by atoms with Crippen LogP contribution in [0.25, 0.3) is 0 Å². The second kappa shape index (κ2) is 9.85. The van der Waals surface area contributed by atoms with Crippen molar-refractivity contribution < 1.29 is 29.0 Å². The van der Waals surface area contributed by atoms with Gasteiger partial charge >= 0.3 is 6.09 Å². The van der Waals surface area contributed by atoms with Crippen LogP contribution in [0.3, 0.4) is 0 Å². The van der Waals surface area contributed by atoms with Gasteiger partial charge < -0.3 is 31.0 Å². The van der Waals surface area contributed by atoms with Gasteiger partial charge in [-0.3, -0.25) is 9.59 Å². The smallest absolute Gasteiger partial charge is 0.408 e. The van der Waals surface area contributed by atoms with Gasteiger partial charge in [0, 0.05) is 6.42 Å². The Kier molecular flexibility index (Phi) is 8.94. The molecule has 0 rings (SSSR count). The lowest BCUT2D eigenvalue weighted by molar-refractivity contribution is -0.308. The Balaban J connectivity index is 5.06. The summed E-state index contributed by atoms with van der Waals surface area (Å²) in [5.74, 6) is -3.19. The number of alkyl carbamates (subject to hydrolysis) is 1. The minimum Gasteiger partial charge on any atom is -0.548 e. The van der Waals surface area contributed by atoms with E-state index >= 15 is 0 Å². The maximum Gasteiger partial charge on any atom is 0.408 e. The molecule has 0 bridgehead atoms. The number of carboxylic acid groups (broad SMARTS) is 1. The number of hydrogen-bond donors (Lipinski definition) is 3. The number of amides is 3. The van der Waals surface area contributed by atoms with Crippen LogP contribution in [0.4, 0.5) is 4.79 Å². The number of hydrogen-bond acceptors (Lipinski definition) is 6. The normalized spacial score (nSPS) is 14.8. The molecule has 0 aliphatic rings. The summed E-state index contributed by atoms with van der Waals surface area (Å²) < 4.78 is 5.12. The Labute approximate surface area is 147 Å². The Hall–Kier alpha value is -2.32. The van der Waals surface area contributed by atoms with Crippen LogP contribution < -0.4 is 21.5 Å². The summed E-state index contributed by atoms with van der Waals surface area (Å²) in [6.45, 7) is 8.60. The fourth-order valence-corrected chi connectivity index (χ4v) is 1.93. The van der Waals surface area contributed by atoms with Crippen molar-refractivity contribution >= 4 is 23.9 Å². The first-order valence-corrected chi connectivity index (χ1v) is 8.16. The molecule has 0 unspecified atom stereocenters. The van der Waals surface area contributed by atoms with Crippen molar-refractivity contribution in [2.24, 2.45) is 11.7 Å². The highest BCUT2D eigenvalue weighted by atomic mass is 16.6. The lowest BCUT2D eigenvalue weighted by Gasteiger charge is -2.28. The molecule has 3 atom stereocenters. The zero-order valence-electron chi connectivity index (χ0n) is 15.4. The summed E-state index contributed by atoms with van der Waals surface area (Å²) >= 11 is 0. The third-order valence-electron chi connectivity index (χ3n) is 3.45. The quantitative estimate of drug-likeness (QED) is 0.502. The van der Waals surface area contributed by atoms with Gasteiger partial charge in [0.05, 0.1) is 12.0 Å². The summed E-state index contributed by atoms with van der Waals surface area (Å²) in [5.41, 5.74) is 4.25. The van der Waals surface area contributed by atoms with E-state index in [2.05, 4.69) is 10.6 Å². The highest BCUT2D eigenvalue weighted by molar-refractivity contribution is 5.89. The van der Waals surface area contributed by atoms with Crippen molar-refractivity contribution in [2.75, 3.05) is 0 Å². The number of carbonyl (C=O) groups is 4. The second-order valence-electron chi connectivity index (χ2n) is 6.89. The number of carboxylic acids is 1. The fourth-order valence-electron chi connectivity index (χ4n) is 1.93. The summed E-state index contributed by atoms with van der Waals surface area (Å²) in [6, 6.07) is -2.37. The topological polar surface area (TPSA) is 151 Å². The summed E-state index contributed by atoms with van der Waals surface area (Å²) in [5, 5.41) is 15.9. The maximum atomic E-state index is 12.4. The molecular weight excluding hydrogens is 330 g/mol. The van der Waals surface area contributed by atoms with Crippen molar-refractivity contribution in [2.45, 2.75) is 71.6 Å². The standard InChI is InChI=1S/C16H29N3O6/c1-6-9(2)12(19-15(24)25-16(3,4)5)13(21)18-10(14(22)23)7-8-11(17)20/h9-10,12H,6-8H2,1-5H3,(H2,17,20)(H,18,21)(H,19,24)(H,22,23)/p-1/t9-,10+,12-/m1/s1.